The lowest BCUT2D eigenvalue weighted by atomic mass is 9.92. The highest BCUT2D eigenvalue weighted by Crippen LogP contribution is 2.33. The van der Waals surface area contributed by atoms with Crippen LogP contribution in [-0.4, -0.2) is 15.6 Å². The van der Waals surface area contributed by atoms with Crippen LogP contribution in [0.3, 0.4) is 0 Å². The third-order valence-electron chi connectivity index (χ3n) is 4.00. The van der Waals surface area contributed by atoms with E-state index in [0.29, 0.717) is 23.9 Å². The van der Waals surface area contributed by atoms with Gasteiger partial charge in [-0.1, -0.05) is 0 Å². The van der Waals surface area contributed by atoms with Crippen LogP contribution in [0.1, 0.15) is 40.9 Å². The highest BCUT2D eigenvalue weighted by Gasteiger charge is 2.26. The van der Waals surface area contributed by atoms with E-state index in [1.54, 1.807) is 4.57 Å². The second kappa shape index (κ2) is 4.42. The molecule has 3 rings (SSSR count). The average Bonchev–Trinajstić information content (AvgIpc) is 2.44. The fraction of sp³-hybridized carbons (Fsp3) is 0.267. The number of carbonyl (C=O) groups is 1. The monoisotopic (exact) mass is 286 g/mol. The lowest BCUT2D eigenvalue weighted by Gasteiger charge is -2.27. The topological polar surface area (TPSA) is 83.1 Å². The van der Waals surface area contributed by atoms with E-state index in [0.717, 1.165) is 6.07 Å². The molecule has 0 saturated carbocycles. The molecular weight excluding hydrogens is 275 g/mol. The van der Waals surface area contributed by atoms with Gasteiger partial charge in [0.05, 0.1) is 11.1 Å². The lowest BCUT2D eigenvalue weighted by molar-refractivity contribution is 0.0694. The standard InChI is InChI=1S/C15H11FN2O3/c1-7-2-3-8-10(5-17)12(16)4-9-13(8)18(7)6-11(14(9)19)15(20)21/h4,6-7H,2-3H2,1H3,(H,20,21). The van der Waals surface area contributed by atoms with Crippen LogP contribution in [0.5, 0.6) is 0 Å². The van der Waals surface area contributed by atoms with Gasteiger partial charge in [-0.05, 0) is 31.4 Å². The Hall–Kier alpha value is -2.68. The summed E-state index contributed by atoms with van der Waals surface area (Å²) in [5, 5.41) is 18.3. The maximum Gasteiger partial charge on any atom is 0.341 e. The van der Waals surface area contributed by atoms with Crippen LogP contribution in [0.2, 0.25) is 0 Å². The minimum atomic E-state index is -1.34. The van der Waals surface area contributed by atoms with Crippen LogP contribution in [-0.2, 0) is 6.42 Å². The molecule has 0 fully saturated rings. The molecule has 6 heteroatoms. The number of aryl methyl sites for hydroxylation is 1. The van der Waals surface area contributed by atoms with Crippen molar-refractivity contribution in [3.8, 4) is 6.07 Å². The Balaban J connectivity index is 2.59. The van der Waals surface area contributed by atoms with Crippen LogP contribution in [0, 0.1) is 17.1 Å². The SMILES string of the molecule is CC1CCc2c(C#N)c(F)cc3c(=O)c(C(=O)O)cn1c23. The van der Waals surface area contributed by atoms with Gasteiger partial charge in [0.15, 0.2) is 0 Å². The molecule has 0 aliphatic carbocycles. The number of nitriles is 1. The van der Waals surface area contributed by atoms with E-state index in [4.69, 9.17) is 10.4 Å². The molecule has 0 amide bonds. The molecule has 1 unspecified atom stereocenters. The highest BCUT2D eigenvalue weighted by atomic mass is 19.1. The van der Waals surface area contributed by atoms with Gasteiger partial charge in [0.2, 0.25) is 5.43 Å². The zero-order chi connectivity index (χ0) is 15.3. The second-order valence-corrected chi connectivity index (χ2v) is 5.19. The van der Waals surface area contributed by atoms with Crippen molar-refractivity contribution in [2.24, 2.45) is 0 Å². The first-order valence-corrected chi connectivity index (χ1v) is 6.49. The summed E-state index contributed by atoms with van der Waals surface area (Å²) in [5.41, 5.74) is -0.203. The molecular formula is C15H11FN2O3. The number of rotatable bonds is 1. The van der Waals surface area contributed by atoms with Crippen LogP contribution in [0.4, 0.5) is 4.39 Å². The number of aromatic carboxylic acids is 1. The van der Waals surface area contributed by atoms with Crippen molar-refractivity contribution in [1.29, 1.82) is 5.26 Å². The van der Waals surface area contributed by atoms with E-state index >= 15 is 0 Å². The summed E-state index contributed by atoms with van der Waals surface area (Å²) in [6, 6.07) is 2.79. The number of aromatic nitrogens is 1. The van der Waals surface area contributed by atoms with Crippen molar-refractivity contribution in [3.63, 3.8) is 0 Å². The molecule has 2 aromatic rings. The van der Waals surface area contributed by atoms with Crippen molar-refractivity contribution in [3.05, 3.63) is 45.0 Å². The number of pyridine rings is 1. The molecule has 1 N–H and O–H groups in total. The van der Waals surface area contributed by atoms with E-state index in [1.165, 1.54) is 6.20 Å². The van der Waals surface area contributed by atoms with Crippen LogP contribution < -0.4 is 5.43 Å². The molecule has 1 aliphatic heterocycles. The number of hydrogen-bond donors (Lipinski definition) is 1. The normalized spacial score (nSPS) is 16.7. The fourth-order valence-corrected chi connectivity index (χ4v) is 2.92. The Morgan fingerprint density at radius 3 is 2.90 bits per heavy atom. The van der Waals surface area contributed by atoms with Gasteiger partial charge in [-0.15, -0.1) is 0 Å². The smallest absolute Gasteiger partial charge is 0.341 e. The van der Waals surface area contributed by atoms with Gasteiger partial charge < -0.3 is 9.67 Å². The van der Waals surface area contributed by atoms with Gasteiger partial charge in [-0.25, -0.2) is 9.18 Å². The predicted molar refractivity (Wildman–Crippen MR) is 72.9 cm³/mol. The summed E-state index contributed by atoms with van der Waals surface area (Å²) in [4.78, 5) is 23.4. The maximum absolute atomic E-state index is 14.0. The Labute approximate surface area is 118 Å². The minimum absolute atomic E-state index is 0.0179. The first-order chi connectivity index (χ1) is 9.95. The largest absolute Gasteiger partial charge is 0.477 e. The Morgan fingerprint density at radius 1 is 1.57 bits per heavy atom. The second-order valence-electron chi connectivity index (χ2n) is 5.19. The van der Waals surface area contributed by atoms with Gasteiger partial charge in [-0.3, -0.25) is 4.79 Å². The van der Waals surface area contributed by atoms with Gasteiger partial charge in [0.25, 0.3) is 0 Å². The minimum Gasteiger partial charge on any atom is -0.477 e. The van der Waals surface area contributed by atoms with Crippen molar-refractivity contribution >= 4 is 16.9 Å². The van der Waals surface area contributed by atoms with Crippen LogP contribution >= 0.6 is 0 Å². The Morgan fingerprint density at radius 2 is 2.29 bits per heavy atom. The zero-order valence-corrected chi connectivity index (χ0v) is 11.2. The van der Waals surface area contributed by atoms with E-state index < -0.39 is 17.2 Å². The number of carboxylic acids is 1. The summed E-state index contributed by atoms with van der Waals surface area (Å²) in [7, 11) is 0. The number of benzene rings is 1. The molecule has 21 heavy (non-hydrogen) atoms. The zero-order valence-electron chi connectivity index (χ0n) is 11.2. The molecule has 0 bridgehead atoms. The molecule has 1 aromatic carbocycles. The maximum atomic E-state index is 14.0. The molecule has 106 valence electrons. The first-order valence-electron chi connectivity index (χ1n) is 6.49. The molecule has 1 atom stereocenters. The van der Waals surface area contributed by atoms with E-state index in [9.17, 15) is 14.0 Å². The van der Waals surface area contributed by atoms with E-state index in [2.05, 4.69) is 0 Å². The number of halogens is 1. The Kier molecular flexibility index (Phi) is 2.80. The predicted octanol–water partition coefficient (Wildman–Crippen LogP) is 2.22. The fourth-order valence-electron chi connectivity index (χ4n) is 2.92. The number of nitrogens with zero attached hydrogens (tertiary/aromatic N) is 2. The van der Waals surface area contributed by atoms with Crippen LogP contribution in [0.15, 0.2) is 17.1 Å². The van der Waals surface area contributed by atoms with E-state index in [-0.39, 0.29) is 22.6 Å². The van der Waals surface area contributed by atoms with Gasteiger partial charge in [0.1, 0.15) is 17.4 Å². The molecule has 1 aliphatic rings. The summed E-state index contributed by atoms with van der Waals surface area (Å²) >= 11 is 0. The third-order valence-corrected chi connectivity index (χ3v) is 4.00. The molecule has 0 radical (unpaired) electrons. The molecule has 0 saturated heterocycles. The van der Waals surface area contributed by atoms with Crippen LogP contribution in [0.25, 0.3) is 10.9 Å². The number of hydrogen-bond acceptors (Lipinski definition) is 3. The molecule has 1 aromatic heterocycles. The summed E-state index contributed by atoms with van der Waals surface area (Å²) < 4.78 is 15.7. The van der Waals surface area contributed by atoms with Gasteiger partial charge >= 0.3 is 5.97 Å². The first kappa shape index (κ1) is 13.3. The van der Waals surface area contributed by atoms with Crippen molar-refractivity contribution in [2.75, 3.05) is 0 Å². The number of carboxylic acid groups (broad SMARTS) is 1. The van der Waals surface area contributed by atoms with Gasteiger partial charge in [-0.2, -0.15) is 5.26 Å². The quantitative estimate of drug-likeness (QED) is 0.871. The molecule has 0 spiro atoms. The third kappa shape index (κ3) is 1.74. The van der Waals surface area contributed by atoms with Crippen molar-refractivity contribution in [2.45, 2.75) is 25.8 Å². The Bertz CT molecular complexity index is 893. The lowest BCUT2D eigenvalue weighted by Crippen LogP contribution is -2.24. The summed E-state index contributed by atoms with van der Waals surface area (Å²) in [6.45, 7) is 1.90. The summed E-state index contributed by atoms with van der Waals surface area (Å²) in [5.74, 6) is -2.12. The highest BCUT2D eigenvalue weighted by molar-refractivity contribution is 5.94. The molecule has 5 nitrogen and oxygen atoms in total. The average molecular weight is 286 g/mol. The van der Waals surface area contributed by atoms with E-state index in [1.807, 2.05) is 13.0 Å². The molecule has 2 heterocycles. The summed E-state index contributed by atoms with van der Waals surface area (Å²) in [6.07, 6.45) is 2.44. The van der Waals surface area contributed by atoms with Gasteiger partial charge in [0, 0.05) is 17.6 Å². The van der Waals surface area contributed by atoms with Crippen molar-refractivity contribution in [1.82, 2.24) is 4.57 Å². The van der Waals surface area contributed by atoms with Crippen molar-refractivity contribution < 1.29 is 14.3 Å².